The van der Waals surface area contributed by atoms with Crippen molar-refractivity contribution in [2.75, 3.05) is 14.2 Å². The highest BCUT2D eigenvalue weighted by Gasteiger charge is 2.29. The first kappa shape index (κ1) is 14.1. The van der Waals surface area contributed by atoms with E-state index in [2.05, 4.69) is 37.2 Å². The molecule has 3 amide bonds. The lowest BCUT2D eigenvalue weighted by atomic mass is 10.2. The molecule has 0 radical (unpaired) electrons. The minimum Gasteiger partial charge on any atom is -0.494 e. The minimum atomic E-state index is -0.428. The van der Waals surface area contributed by atoms with Crippen molar-refractivity contribution in [2.45, 2.75) is 0 Å². The van der Waals surface area contributed by atoms with Crippen LogP contribution in [0.15, 0.2) is 26.8 Å². The fraction of sp³-hybridized carbons (Fsp3) is 0.167. The van der Waals surface area contributed by atoms with Crippen LogP contribution < -0.4 is 10.1 Å². The Labute approximate surface area is 126 Å². The molecule has 1 N–H and O–H groups in total. The van der Waals surface area contributed by atoms with Crippen LogP contribution in [0.25, 0.3) is 6.08 Å². The van der Waals surface area contributed by atoms with Gasteiger partial charge in [-0.2, -0.15) is 0 Å². The van der Waals surface area contributed by atoms with Crippen molar-refractivity contribution in [1.29, 1.82) is 0 Å². The number of nitrogens with one attached hydrogen (secondary N) is 1. The van der Waals surface area contributed by atoms with Crippen molar-refractivity contribution in [3.8, 4) is 5.75 Å². The summed E-state index contributed by atoms with van der Waals surface area (Å²) in [5.74, 6) is 0.314. The zero-order chi connectivity index (χ0) is 14.2. The minimum absolute atomic E-state index is 0.247. The van der Waals surface area contributed by atoms with Crippen molar-refractivity contribution < 1.29 is 14.3 Å². The molecular formula is C12H10Br2N2O3. The summed E-state index contributed by atoms with van der Waals surface area (Å²) in [7, 11) is 3.00. The van der Waals surface area contributed by atoms with Gasteiger partial charge in [0.1, 0.15) is 11.4 Å². The van der Waals surface area contributed by atoms with Crippen LogP contribution in [-0.4, -0.2) is 31.0 Å². The zero-order valence-corrected chi connectivity index (χ0v) is 13.3. The summed E-state index contributed by atoms with van der Waals surface area (Å²) >= 11 is 6.76. The number of halogens is 2. The molecule has 0 aliphatic carbocycles. The molecule has 7 heteroatoms. The standard InChI is InChI=1S/C12H10Br2N2O3/c1-16-11(17)9(15-12(16)18)5-6-3-7(13)10(19-2)8(14)4-6/h3-5H,1-2H3,(H,15,18)/b9-5+. The Hall–Kier alpha value is -1.34. The van der Waals surface area contributed by atoms with E-state index >= 15 is 0 Å². The fourth-order valence-electron chi connectivity index (χ4n) is 1.65. The van der Waals surface area contributed by atoms with Gasteiger partial charge in [-0.25, -0.2) is 4.79 Å². The Morgan fingerprint density at radius 1 is 1.26 bits per heavy atom. The number of methoxy groups -OCH3 is 1. The lowest BCUT2D eigenvalue weighted by Crippen LogP contribution is -2.25. The summed E-state index contributed by atoms with van der Waals surface area (Å²) in [5, 5.41) is 2.51. The summed E-state index contributed by atoms with van der Waals surface area (Å²) < 4.78 is 6.70. The molecule has 100 valence electrons. The van der Waals surface area contributed by atoms with Crippen LogP contribution in [0.2, 0.25) is 0 Å². The molecular weight excluding hydrogens is 380 g/mol. The van der Waals surface area contributed by atoms with Crippen LogP contribution in [0, 0.1) is 0 Å². The molecule has 2 rings (SSSR count). The number of rotatable bonds is 2. The number of carbonyl (C=O) groups is 2. The van der Waals surface area contributed by atoms with Gasteiger partial charge in [-0.3, -0.25) is 9.69 Å². The number of likely N-dealkylation sites (N-methyl/N-ethyl adjacent to an activating group) is 1. The average molecular weight is 390 g/mol. The van der Waals surface area contributed by atoms with Crippen LogP contribution in [0.1, 0.15) is 5.56 Å². The number of nitrogens with zero attached hydrogens (tertiary/aromatic N) is 1. The van der Waals surface area contributed by atoms with Crippen molar-refractivity contribution in [2.24, 2.45) is 0 Å². The molecule has 0 unspecified atom stereocenters. The predicted octanol–water partition coefficient (Wildman–Crippen LogP) is 2.74. The quantitative estimate of drug-likeness (QED) is 0.625. The van der Waals surface area contributed by atoms with Crippen LogP contribution >= 0.6 is 31.9 Å². The summed E-state index contributed by atoms with van der Waals surface area (Å²) in [6, 6.07) is 3.17. The third-order valence-electron chi connectivity index (χ3n) is 2.62. The van der Waals surface area contributed by atoms with E-state index in [9.17, 15) is 9.59 Å². The van der Waals surface area contributed by atoms with E-state index < -0.39 is 6.03 Å². The lowest BCUT2D eigenvalue weighted by Gasteiger charge is -2.07. The topological polar surface area (TPSA) is 58.6 Å². The Bertz CT molecular complexity index is 576. The maximum Gasteiger partial charge on any atom is 0.328 e. The van der Waals surface area contributed by atoms with Crippen LogP contribution in [0.4, 0.5) is 4.79 Å². The number of imide groups is 1. The molecule has 1 aliphatic heterocycles. The Balaban J connectivity index is 2.40. The van der Waals surface area contributed by atoms with Crippen LogP contribution in [0.5, 0.6) is 5.75 Å². The first-order valence-corrected chi connectivity index (χ1v) is 6.86. The van der Waals surface area contributed by atoms with Gasteiger partial charge < -0.3 is 10.1 Å². The highest BCUT2D eigenvalue weighted by Crippen LogP contribution is 2.35. The van der Waals surface area contributed by atoms with Gasteiger partial charge >= 0.3 is 6.03 Å². The van der Waals surface area contributed by atoms with Crippen molar-refractivity contribution >= 4 is 49.9 Å². The third kappa shape index (κ3) is 2.66. The van der Waals surface area contributed by atoms with Gasteiger partial charge in [-0.15, -0.1) is 0 Å². The predicted molar refractivity (Wildman–Crippen MR) is 77.7 cm³/mol. The fourth-order valence-corrected chi connectivity index (χ4v) is 3.19. The molecule has 1 saturated heterocycles. The van der Waals surface area contributed by atoms with E-state index in [1.807, 2.05) is 0 Å². The van der Waals surface area contributed by atoms with E-state index in [-0.39, 0.29) is 11.6 Å². The van der Waals surface area contributed by atoms with Gasteiger partial charge in [0.2, 0.25) is 0 Å². The van der Waals surface area contributed by atoms with E-state index in [1.54, 1.807) is 25.3 Å². The van der Waals surface area contributed by atoms with Crippen molar-refractivity contribution in [1.82, 2.24) is 10.2 Å². The van der Waals surface area contributed by atoms with Crippen LogP contribution in [-0.2, 0) is 4.79 Å². The smallest absolute Gasteiger partial charge is 0.328 e. The maximum absolute atomic E-state index is 11.7. The maximum atomic E-state index is 11.7. The molecule has 0 spiro atoms. The normalized spacial score (nSPS) is 17.1. The highest BCUT2D eigenvalue weighted by molar-refractivity contribution is 9.11. The first-order valence-electron chi connectivity index (χ1n) is 5.28. The van der Waals surface area contributed by atoms with Crippen molar-refractivity contribution in [3.63, 3.8) is 0 Å². The number of ether oxygens (including phenoxy) is 1. The Kier molecular flexibility index (Phi) is 3.96. The Morgan fingerprint density at radius 2 is 1.84 bits per heavy atom. The molecule has 1 aromatic carbocycles. The van der Waals surface area contributed by atoms with Gasteiger partial charge in [0.05, 0.1) is 16.1 Å². The summed E-state index contributed by atoms with van der Waals surface area (Å²) in [6.45, 7) is 0. The number of benzene rings is 1. The molecule has 0 bridgehead atoms. The summed E-state index contributed by atoms with van der Waals surface area (Å²) in [5.41, 5.74) is 1.01. The van der Waals surface area contributed by atoms with E-state index in [4.69, 9.17) is 4.74 Å². The first-order chi connectivity index (χ1) is 8.93. The molecule has 1 heterocycles. The summed E-state index contributed by atoms with van der Waals surface area (Å²) in [4.78, 5) is 24.1. The second-order valence-corrected chi connectivity index (χ2v) is 5.58. The molecule has 0 atom stereocenters. The number of hydrogen-bond donors (Lipinski definition) is 1. The molecule has 5 nitrogen and oxygen atoms in total. The van der Waals surface area contributed by atoms with E-state index in [0.29, 0.717) is 5.75 Å². The highest BCUT2D eigenvalue weighted by atomic mass is 79.9. The molecule has 0 aromatic heterocycles. The lowest BCUT2D eigenvalue weighted by molar-refractivity contribution is -0.121. The monoisotopic (exact) mass is 388 g/mol. The number of hydrogen-bond acceptors (Lipinski definition) is 3. The van der Waals surface area contributed by atoms with Gasteiger partial charge in [0.15, 0.2) is 0 Å². The van der Waals surface area contributed by atoms with Gasteiger partial charge in [-0.05, 0) is 55.6 Å². The van der Waals surface area contributed by atoms with Crippen molar-refractivity contribution in [3.05, 3.63) is 32.3 Å². The number of urea groups is 1. The van der Waals surface area contributed by atoms with Crippen LogP contribution in [0.3, 0.4) is 0 Å². The average Bonchev–Trinajstić information content (AvgIpc) is 2.57. The number of carbonyl (C=O) groups excluding carboxylic acids is 2. The molecule has 0 saturated carbocycles. The Morgan fingerprint density at radius 3 is 2.26 bits per heavy atom. The second-order valence-electron chi connectivity index (χ2n) is 3.87. The number of amides is 3. The van der Waals surface area contributed by atoms with E-state index in [1.165, 1.54) is 7.05 Å². The third-order valence-corrected chi connectivity index (χ3v) is 3.80. The molecule has 1 aromatic rings. The molecule has 1 fully saturated rings. The second kappa shape index (κ2) is 5.34. The molecule has 19 heavy (non-hydrogen) atoms. The summed E-state index contributed by atoms with van der Waals surface area (Å²) in [6.07, 6.45) is 1.61. The van der Waals surface area contributed by atoms with E-state index in [0.717, 1.165) is 19.4 Å². The van der Waals surface area contributed by atoms with Gasteiger partial charge in [0.25, 0.3) is 5.91 Å². The van der Waals surface area contributed by atoms with Gasteiger partial charge in [-0.1, -0.05) is 0 Å². The SMILES string of the molecule is COc1c(Br)cc(/C=C2/NC(=O)N(C)C2=O)cc1Br. The largest absolute Gasteiger partial charge is 0.494 e. The zero-order valence-electron chi connectivity index (χ0n) is 10.2. The molecule has 1 aliphatic rings. The van der Waals surface area contributed by atoms with Gasteiger partial charge in [0, 0.05) is 7.05 Å².